The highest BCUT2D eigenvalue weighted by atomic mass is 16.5. The fraction of sp³-hybridized carbons (Fsp3) is 0.611. The van der Waals surface area contributed by atoms with Gasteiger partial charge >= 0.3 is 5.97 Å². The molecule has 1 saturated carbocycles. The summed E-state index contributed by atoms with van der Waals surface area (Å²) in [5.74, 6) is -0.463. The fourth-order valence-corrected chi connectivity index (χ4v) is 8.07. The number of aliphatic hydroxyl groups excluding tert-OH is 1. The highest BCUT2D eigenvalue weighted by Gasteiger charge is 2.47. The van der Waals surface area contributed by atoms with E-state index in [0.717, 1.165) is 41.6 Å². The van der Waals surface area contributed by atoms with Gasteiger partial charge in [0.2, 0.25) is 0 Å². The van der Waals surface area contributed by atoms with Crippen LogP contribution in [0.2, 0.25) is 0 Å². The summed E-state index contributed by atoms with van der Waals surface area (Å²) < 4.78 is 5.76. The summed E-state index contributed by atoms with van der Waals surface area (Å²) in [7, 11) is 0. The molecule has 0 radical (unpaired) electrons. The minimum atomic E-state index is -0.939. The predicted octanol–water partition coefficient (Wildman–Crippen LogP) is 13.7. The number of rotatable bonds is 28. The summed E-state index contributed by atoms with van der Waals surface area (Å²) in [6.07, 6.45) is 41.7. The van der Waals surface area contributed by atoms with Gasteiger partial charge in [0.05, 0.1) is 11.7 Å². The monoisotopic (exact) mass is 829 g/mol. The quantitative estimate of drug-likeness (QED) is 0.0353. The Balaban J connectivity index is 2.61. The van der Waals surface area contributed by atoms with Crippen molar-refractivity contribution in [3.05, 3.63) is 107 Å². The van der Waals surface area contributed by atoms with Gasteiger partial charge in [0, 0.05) is 30.6 Å². The second-order valence-electron chi connectivity index (χ2n) is 19.1. The number of hydrogen-bond acceptors (Lipinski definition) is 6. The molecule has 0 aromatic heterocycles. The van der Waals surface area contributed by atoms with E-state index in [0.29, 0.717) is 19.3 Å². The zero-order valence-electron chi connectivity index (χ0n) is 39.7. The number of carbonyl (C=O) groups is 3. The second-order valence-corrected chi connectivity index (χ2v) is 19.1. The van der Waals surface area contributed by atoms with Crippen molar-refractivity contribution in [1.29, 1.82) is 0 Å². The molecule has 4 atom stereocenters. The van der Waals surface area contributed by atoms with E-state index < -0.39 is 23.2 Å². The molecule has 0 bridgehead atoms. The number of carbonyl (C=O) groups excluding carboxylic acids is 3. The topological polar surface area (TPSA) is 101 Å². The van der Waals surface area contributed by atoms with Gasteiger partial charge in [-0.05, 0) is 72.3 Å². The van der Waals surface area contributed by atoms with E-state index in [1.165, 1.54) is 58.3 Å². The van der Waals surface area contributed by atoms with Gasteiger partial charge in [0.1, 0.15) is 11.9 Å². The van der Waals surface area contributed by atoms with Crippen molar-refractivity contribution < 1.29 is 29.3 Å². The number of aliphatic hydroxyl groups is 2. The predicted molar refractivity (Wildman–Crippen MR) is 254 cm³/mol. The molecule has 0 spiro atoms. The van der Waals surface area contributed by atoms with Crippen LogP contribution in [-0.4, -0.2) is 45.6 Å². The third-order valence-electron chi connectivity index (χ3n) is 11.4. The number of allylic oxidation sites excluding steroid dienone is 17. The van der Waals surface area contributed by atoms with Crippen molar-refractivity contribution in [3.8, 4) is 0 Å². The molecular formula is C54H84O6. The lowest BCUT2D eigenvalue weighted by Gasteiger charge is -2.48. The molecule has 2 N–H and O–H groups in total. The van der Waals surface area contributed by atoms with Crippen LogP contribution < -0.4 is 0 Å². The van der Waals surface area contributed by atoms with Crippen molar-refractivity contribution in [3.63, 3.8) is 0 Å². The molecule has 6 nitrogen and oxygen atoms in total. The van der Waals surface area contributed by atoms with E-state index in [1.54, 1.807) is 12.2 Å². The molecule has 0 saturated heterocycles. The Morgan fingerprint density at radius 3 is 1.63 bits per heavy atom. The minimum absolute atomic E-state index is 0.0384. The number of ether oxygens (including phenoxy) is 1. The van der Waals surface area contributed by atoms with Gasteiger partial charge < -0.3 is 14.9 Å². The first-order valence-electron chi connectivity index (χ1n) is 22.9. The van der Waals surface area contributed by atoms with Crippen molar-refractivity contribution in [1.82, 2.24) is 0 Å². The average Bonchev–Trinajstić information content (AvgIpc) is 3.13. The Morgan fingerprint density at radius 2 is 1.13 bits per heavy atom. The van der Waals surface area contributed by atoms with Crippen molar-refractivity contribution in [2.75, 3.05) is 0 Å². The highest BCUT2D eigenvalue weighted by Crippen LogP contribution is 2.47. The summed E-state index contributed by atoms with van der Waals surface area (Å²) in [5.41, 5.74) is 2.27. The maximum absolute atomic E-state index is 13.3. The maximum atomic E-state index is 13.3. The van der Waals surface area contributed by atoms with Crippen LogP contribution in [-0.2, 0) is 19.1 Å². The third kappa shape index (κ3) is 24.6. The van der Waals surface area contributed by atoms with Crippen LogP contribution in [0.3, 0.4) is 0 Å². The number of esters is 1. The lowest BCUT2D eigenvalue weighted by atomic mass is 9.61. The summed E-state index contributed by atoms with van der Waals surface area (Å²) in [6.45, 7) is 21.5. The van der Waals surface area contributed by atoms with Crippen LogP contribution in [0.25, 0.3) is 0 Å². The smallest absolute Gasteiger partial charge is 0.306 e. The van der Waals surface area contributed by atoms with Crippen LogP contribution >= 0.6 is 0 Å². The molecule has 0 heterocycles. The van der Waals surface area contributed by atoms with Crippen molar-refractivity contribution in [2.45, 2.75) is 197 Å². The Kier molecular flexibility index (Phi) is 26.1. The van der Waals surface area contributed by atoms with Crippen LogP contribution in [0.5, 0.6) is 0 Å². The van der Waals surface area contributed by atoms with Crippen LogP contribution in [0.1, 0.15) is 179 Å². The lowest BCUT2D eigenvalue weighted by molar-refractivity contribution is -0.152. The molecule has 1 aliphatic rings. The van der Waals surface area contributed by atoms with Crippen LogP contribution in [0.4, 0.5) is 0 Å². The average molecular weight is 829 g/mol. The maximum Gasteiger partial charge on any atom is 0.306 e. The van der Waals surface area contributed by atoms with Crippen LogP contribution in [0.15, 0.2) is 107 Å². The van der Waals surface area contributed by atoms with Crippen molar-refractivity contribution >= 4 is 17.5 Å². The molecule has 336 valence electrons. The normalized spacial score (nSPS) is 21.6. The zero-order chi connectivity index (χ0) is 45.2. The second kappa shape index (κ2) is 28.8. The first-order chi connectivity index (χ1) is 28.2. The summed E-state index contributed by atoms with van der Waals surface area (Å²) in [5, 5.41) is 21.2. The van der Waals surface area contributed by atoms with E-state index in [-0.39, 0.29) is 41.7 Å². The summed E-state index contributed by atoms with van der Waals surface area (Å²) >= 11 is 0. The first-order valence-corrected chi connectivity index (χ1v) is 22.9. The Bertz CT molecular complexity index is 1580. The molecule has 4 unspecified atom stereocenters. The van der Waals surface area contributed by atoms with Gasteiger partial charge in [0.25, 0.3) is 0 Å². The highest BCUT2D eigenvalue weighted by molar-refractivity contribution is 5.94. The molecule has 60 heavy (non-hydrogen) atoms. The fourth-order valence-electron chi connectivity index (χ4n) is 8.07. The molecule has 1 rings (SSSR count). The first kappa shape index (κ1) is 54.4. The van der Waals surface area contributed by atoms with Gasteiger partial charge in [-0.1, -0.05) is 200 Å². The Hall–Kier alpha value is -3.61. The molecule has 1 aliphatic carbocycles. The molecule has 0 amide bonds. The molecular weight excluding hydrogens is 745 g/mol. The summed E-state index contributed by atoms with van der Waals surface area (Å²) in [4.78, 5) is 38.0. The molecule has 0 aromatic rings. The van der Waals surface area contributed by atoms with Crippen LogP contribution in [0, 0.1) is 16.7 Å². The third-order valence-corrected chi connectivity index (χ3v) is 11.4. The van der Waals surface area contributed by atoms with Crippen molar-refractivity contribution in [2.24, 2.45) is 16.7 Å². The molecule has 0 aromatic carbocycles. The van der Waals surface area contributed by atoms with Gasteiger partial charge in [-0.25, -0.2) is 0 Å². The number of ketones is 2. The van der Waals surface area contributed by atoms with Gasteiger partial charge in [-0.2, -0.15) is 0 Å². The number of hydrogen-bond donors (Lipinski definition) is 2. The standard InChI is InChI=1S/C54H84O6/c1-12-13-14-15-16-17-18-19-20-21-22-33-51(58)60-48(38-46(6)55)41-53(9,10)50(57)37-35-45(5)32-26-30-43(3)28-24-23-27-42(2)29-25-31-44(4)34-36-49-52(7,8)39-47(56)40-54(49,11)59/h23-32,34-37,47-49,56,59H,12-22,33,38-41H2,1-11H3. The van der Waals surface area contributed by atoms with Gasteiger partial charge in [-0.3, -0.25) is 14.4 Å². The molecule has 6 heteroatoms. The van der Waals surface area contributed by atoms with E-state index in [1.807, 2.05) is 84.1 Å². The van der Waals surface area contributed by atoms with Gasteiger partial charge in [0.15, 0.2) is 5.78 Å². The lowest BCUT2D eigenvalue weighted by Crippen LogP contribution is -2.50. The van der Waals surface area contributed by atoms with E-state index in [2.05, 4.69) is 58.1 Å². The number of Topliss-reactive ketones (excluding diaryl/α,β-unsaturated/α-hetero) is 1. The number of unbranched alkanes of at least 4 members (excludes halogenated alkanes) is 10. The van der Waals surface area contributed by atoms with E-state index >= 15 is 0 Å². The Labute approximate surface area is 366 Å². The summed E-state index contributed by atoms with van der Waals surface area (Å²) in [6, 6.07) is 0. The SMILES string of the molecule is CCCCCCCCCCCCCC(=O)OC(CC(C)=O)CC(C)(C)C(=O)C=CC(C)=CC=CC(C)=CC=CC=C(C)C=CC=C(C)C=CC1C(C)(C)CC(O)CC1(C)O. The minimum Gasteiger partial charge on any atom is -0.462 e. The molecule has 1 fully saturated rings. The molecule has 0 aliphatic heterocycles. The zero-order valence-corrected chi connectivity index (χ0v) is 39.7. The Morgan fingerprint density at radius 1 is 0.667 bits per heavy atom. The van der Waals surface area contributed by atoms with E-state index in [4.69, 9.17) is 4.74 Å². The largest absolute Gasteiger partial charge is 0.462 e. The van der Waals surface area contributed by atoms with Gasteiger partial charge in [-0.15, -0.1) is 0 Å². The van der Waals surface area contributed by atoms with E-state index in [9.17, 15) is 24.6 Å².